The van der Waals surface area contributed by atoms with Crippen molar-refractivity contribution in [3.8, 4) is 5.75 Å². The number of carbonyl (C=O) groups excluding carboxylic acids is 2. The third-order valence-corrected chi connectivity index (χ3v) is 4.35. The zero-order valence-electron chi connectivity index (χ0n) is 16.4. The van der Waals surface area contributed by atoms with E-state index in [2.05, 4.69) is 22.2 Å². The molecular weight excluding hydrogens is 397 g/mol. The van der Waals surface area contributed by atoms with Crippen molar-refractivity contribution in [3.63, 3.8) is 0 Å². The zero-order valence-corrected chi connectivity index (χ0v) is 17.1. The summed E-state index contributed by atoms with van der Waals surface area (Å²) in [6.07, 6.45) is 0.471. The molecule has 1 aromatic heterocycles. The van der Waals surface area contributed by atoms with Crippen molar-refractivity contribution in [2.45, 2.75) is 33.2 Å². The summed E-state index contributed by atoms with van der Waals surface area (Å²) < 4.78 is 18.5. The van der Waals surface area contributed by atoms with Crippen LogP contribution in [-0.2, 0) is 16.1 Å². The topological polar surface area (TPSA) is 80.3 Å². The maximum Gasteiger partial charge on any atom is 0.262 e. The highest BCUT2D eigenvalue weighted by Gasteiger charge is 2.09. The van der Waals surface area contributed by atoms with E-state index in [1.807, 2.05) is 26.0 Å². The van der Waals surface area contributed by atoms with Crippen molar-refractivity contribution < 1.29 is 18.7 Å². The van der Waals surface area contributed by atoms with Crippen LogP contribution in [-0.4, -0.2) is 23.4 Å². The lowest BCUT2D eigenvalue weighted by molar-refractivity contribution is -0.123. The first-order valence-electron chi connectivity index (χ1n) is 9.00. The second-order valence-electron chi connectivity index (χ2n) is 6.49. The summed E-state index contributed by atoms with van der Waals surface area (Å²) in [5.41, 5.74) is 3.15. The van der Waals surface area contributed by atoms with E-state index < -0.39 is 11.7 Å². The highest BCUT2D eigenvalue weighted by molar-refractivity contribution is 6.30. The number of halogens is 2. The van der Waals surface area contributed by atoms with Gasteiger partial charge >= 0.3 is 0 Å². The monoisotopic (exact) mass is 419 g/mol. The van der Waals surface area contributed by atoms with E-state index in [1.54, 1.807) is 0 Å². The molecule has 2 rings (SSSR count). The van der Waals surface area contributed by atoms with Crippen molar-refractivity contribution in [1.82, 2.24) is 15.6 Å². The average Bonchev–Trinajstić information content (AvgIpc) is 2.66. The van der Waals surface area contributed by atoms with Crippen LogP contribution in [0.1, 0.15) is 29.8 Å². The Kier molecular flexibility index (Phi) is 8.15. The number of hydrogen-bond acceptors (Lipinski definition) is 4. The molecule has 0 saturated heterocycles. The number of amides is 2. The SMILES string of the molecule is C=C(CCC(=O)NCc1ccc(C)nc1C)NC(=O)COc1ccc(Cl)c(F)c1. The molecule has 0 saturated carbocycles. The van der Waals surface area contributed by atoms with E-state index in [0.717, 1.165) is 23.0 Å². The van der Waals surface area contributed by atoms with E-state index in [0.29, 0.717) is 12.2 Å². The van der Waals surface area contributed by atoms with Crippen LogP contribution in [0.25, 0.3) is 0 Å². The van der Waals surface area contributed by atoms with Crippen LogP contribution in [0.15, 0.2) is 42.6 Å². The second-order valence-corrected chi connectivity index (χ2v) is 6.90. The van der Waals surface area contributed by atoms with Gasteiger partial charge in [0.25, 0.3) is 5.91 Å². The first kappa shape index (κ1) is 22.4. The van der Waals surface area contributed by atoms with Crippen LogP contribution in [0.5, 0.6) is 5.75 Å². The Morgan fingerprint density at radius 3 is 2.62 bits per heavy atom. The van der Waals surface area contributed by atoms with E-state index in [4.69, 9.17) is 16.3 Å². The van der Waals surface area contributed by atoms with Gasteiger partial charge in [0.05, 0.1) is 5.02 Å². The molecule has 0 spiro atoms. The fraction of sp³-hybridized carbons (Fsp3) is 0.286. The van der Waals surface area contributed by atoms with Gasteiger partial charge < -0.3 is 15.4 Å². The molecule has 0 bridgehead atoms. The number of aryl methyl sites for hydroxylation is 2. The quantitative estimate of drug-likeness (QED) is 0.650. The Hall–Kier alpha value is -2.93. The van der Waals surface area contributed by atoms with Crippen LogP contribution in [0.3, 0.4) is 0 Å². The first-order chi connectivity index (χ1) is 13.7. The van der Waals surface area contributed by atoms with Crippen molar-refractivity contribution in [1.29, 1.82) is 0 Å². The summed E-state index contributed by atoms with van der Waals surface area (Å²) in [6.45, 7) is 7.62. The van der Waals surface area contributed by atoms with E-state index in [-0.39, 0.29) is 36.1 Å². The van der Waals surface area contributed by atoms with Crippen LogP contribution in [0.4, 0.5) is 4.39 Å². The summed E-state index contributed by atoms with van der Waals surface area (Å²) >= 11 is 5.59. The van der Waals surface area contributed by atoms with Gasteiger partial charge in [-0.05, 0) is 44.0 Å². The van der Waals surface area contributed by atoms with Gasteiger partial charge in [-0.25, -0.2) is 4.39 Å². The van der Waals surface area contributed by atoms with Crippen molar-refractivity contribution in [2.24, 2.45) is 0 Å². The molecule has 0 radical (unpaired) electrons. The summed E-state index contributed by atoms with van der Waals surface area (Å²) in [6, 6.07) is 7.73. The molecule has 0 fully saturated rings. The van der Waals surface area contributed by atoms with Gasteiger partial charge in [-0.1, -0.05) is 24.2 Å². The molecule has 8 heteroatoms. The Labute approximate surface area is 174 Å². The largest absolute Gasteiger partial charge is 0.484 e. The number of pyridine rings is 1. The molecule has 2 aromatic rings. The summed E-state index contributed by atoms with van der Waals surface area (Å²) in [5, 5.41) is 5.35. The Bertz CT molecular complexity index is 918. The lowest BCUT2D eigenvalue weighted by atomic mass is 10.2. The summed E-state index contributed by atoms with van der Waals surface area (Å²) in [5.74, 6) is -1.05. The number of nitrogens with one attached hydrogen (secondary N) is 2. The minimum absolute atomic E-state index is 0.0257. The molecule has 0 aliphatic carbocycles. The first-order valence-corrected chi connectivity index (χ1v) is 9.37. The van der Waals surface area contributed by atoms with E-state index in [1.165, 1.54) is 12.1 Å². The van der Waals surface area contributed by atoms with Gasteiger partial charge in [-0.3, -0.25) is 14.6 Å². The Morgan fingerprint density at radius 1 is 1.17 bits per heavy atom. The molecule has 6 nitrogen and oxygen atoms in total. The molecule has 0 atom stereocenters. The summed E-state index contributed by atoms with van der Waals surface area (Å²) in [7, 11) is 0. The molecule has 2 N–H and O–H groups in total. The standard InChI is InChI=1S/C21H23ClFN3O3/c1-13-4-6-16(15(3)25-13)11-24-20(27)9-5-14(2)26-21(28)12-29-17-7-8-18(22)19(23)10-17/h4,6-8,10H,2,5,9,11-12H2,1,3H3,(H,24,27)(H,26,28). The summed E-state index contributed by atoms with van der Waals surface area (Å²) in [4.78, 5) is 28.2. The van der Waals surface area contributed by atoms with Crippen LogP contribution in [0, 0.1) is 19.7 Å². The number of nitrogens with zero attached hydrogens (tertiary/aromatic N) is 1. The molecule has 154 valence electrons. The van der Waals surface area contributed by atoms with Crippen LogP contribution < -0.4 is 15.4 Å². The van der Waals surface area contributed by atoms with E-state index >= 15 is 0 Å². The Balaban J connectivity index is 1.68. The molecule has 29 heavy (non-hydrogen) atoms. The smallest absolute Gasteiger partial charge is 0.262 e. The van der Waals surface area contributed by atoms with Crippen molar-refractivity contribution in [2.75, 3.05) is 6.61 Å². The number of carbonyl (C=O) groups is 2. The molecule has 0 unspecified atom stereocenters. The second kappa shape index (κ2) is 10.6. The third-order valence-electron chi connectivity index (χ3n) is 4.04. The molecule has 2 amide bonds. The number of ether oxygens (including phenoxy) is 1. The fourth-order valence-corrected chi connectivity index (χ4v) is 2.58. The van der Waals surface area contributed by atoms with Gasteiger partial charge in [-0.15, -0.1) is 0 Å². The normalized spacial score (nSPS) is 10.3. The number of aromatic nitrogens is 1. The van der Waals surface area contributed by atoms with Crippen molar-refractivity contribution >= 4 is 23.4 Å². The molecular formula is C21H23ClFN3O3. The van der Waals surface area contributed by atoms with Gasteiger partial charge in [0.2, 0.25) is 5.91 Å². The van der Waals surface area contributed by atoms with Crippen LogP contribution >= 0.6 is 11.6 Å². The molecule has 1 aromatic carbocycles. The minimum Gasteiger partial charge on any atom is -0.484 e. The lowest BCUT2D eigenvalue weighted by Gasteiger charge is -2.11. The van der Waals surface area contributed by atoms with Gasteiger partial charge in [0.15, 0.2) is 6.61 Å². The number of hydrogen-bond donors (Lipinski definition) is 2. The highest BCUT2D eigenvalue weighted by Crippen LogP contribution is 2.20. The maximum atomic E-state index is 13.3. The van der Waals surface area contributed by atoms with Crippen LogP contribution in [0.2, 0.25) is 5.02 Å². The minimum atomic E-state index is -0.628. The lowest BCUT2D eigenvalue weighted by Crippen LogP contribution is -2.29. The highest BCUT2D eigenvalue weighted by atomic mass is 35.5. The predicted octanol–water partition coefficient (Wildman–Crippen LogP) is 3.60. The fourth-order valence-electron chi connectivity index (χ4n) is 2.46. The van der Waals surface area contributed by atoms with E-state index in [9.17, 15) is 14.0 Å². The number of rotatable bonds is 9. The van der Waals surface area contributed by atoms with Gasteiger partial charge in [-0.2, -0.15) is 0 Å². The zero-order chi connectivity index (χ0) is 21.4. The third kappa shape index (κ3) is 7.54. The maximum absolute atomic E-state index is 13.3. The van der Waals surface area contributed by atoms with Gasteiger partial charge in [0.1, 0.15) is 11.6 Å². The van der Waals surface area contributed by atoms with Gasteiger partial charge in [0, 0.05) is 36.1 Å². The molecule has 0 aliphatic rings. The van der Waals surface area contributed by atoms with Crippen molar-refractivity contribution in [3.05, 3.63) is 70.4 Å². The number of allylic oxidation sites excluding steroid dienone is 1. The predicted molar refractivity (Wildman–Crippen MR) is 109 cm³/mol. The Morgan fingerprint density at radius 2 is 1.93 bits per heavy atom. The average molecular weight is 420 g/mol. The molecule has 1 heterocycles. The molecule has 0 aliphatic heterocycles. The number of benzene rings is 1.